The van der Waals surface area contributed by atoms with Crippen molar-refractivity contribution in [3.05, 3.63) is 24.3 Å². The smallest absolute Gasteiger partial charge is 0.319 e. The zero-order chi connectivity index (χ0) is 17.0. The topological polar surface area (TPSA) is 82.3 Å². The number of rotatable bonds is 4. The first kappa shape index (κ1) is 17.1. The van der Waals surface area contributed by atoms with E-state index < -0.39 is 30.8 Å². The molecule has 6 nitrogen and oxygen atoms in total. The molecule has 1 unspecified atom stereocenters. The minimum absolute atomic E-state index is 0.0191. The van der Waals surface area contributed by atoms with Gasteiger partial charge in [0.2, 0.25) is 5.91 Å². The Morgan fingerprint density at radius 1 is 1.17 bits per heavy atom. The van der Waals surface area contributed by atoms with E-state index in [1.165, 1.54) is 0 Å². The van der Waals surface area contributed by atoms with Gasteiger partial charge in [0.05, 0.1) is 12.6 Å². The Morgan fingerprint density at radius 2 is 1.74 bits per heavy atom. The summed E-state index contributed by atoms with van der Waals surface area (Å²) >= 11 is 0. The van der Waals surface area contributed by atoms with E-state index in [1.54, 1.807) is 24.3 Å². The van der Waals surface area contributed by atoms with Crippen LogP contribution in [0.5, 0.6) is 0 Å². The number of carbonyl (C=O) groups is 2. The van der Waals surface area contributed by atoms with Gasteiger partial charge in [0.25, 0.3) is 5.92 Å². The van der Waals surface area contributed by atoms with Crippen molar-refractivity contribution in [2.24, 2.45) is 0 Å². The van der Waals surface area contributed by atoms with Crippen LogP contribution in [-0.4, -0.2) is 36.5 Å². The molecule has 0 bridgehead atoms. The van der Waals surface area contributed by atoms with Crippen molar-refractivity contribution in [2.45, 2.75) is 38.3 Å². The van der Waals surface area contributed by atoms with Gasteiger partial charge >= 0.3 is 6.03 Å². The average molecular weight is 326 g/mol. The van der Waals surface area contributed by atoms with Crippen molar-refractivity contribution in [3.63, 3.8) is 0 Å². The maximum Gasteiger partial charge on any atom is 0.319 e. The van der Waals surface area contributed by atoms with Crippen molar-refractivity contribution in [2.75, 3.05) is 17.2 Å². The van der Waals surface area contributed by atoms with Gasteiger partial charge in [-0.05, 0) is 38.1 Å². The van der Waals surface area contributed by atoms with Crippen LogP contribution in [0.4, 0.5) is 25.0 Å². The molecule has 0 aromatic heterocycles. The van der Waals surface area contributed by atoms with Crippen molar-refractivity contribution < 1.29 is 18.4 Å². The van der Waals surface area contributed by atoms with Gasteiger partial charge in [-0.25, -0.2) is 13.6 Å². The van der Waals surface area contributed by atoms with Gasteiger partial charge in [-0.2, -0.15) is 0 Å². The Morgan fingerprint density at radius 3 is 2.22 bits per heavy atom. The number of urea groups is 1. The van der Waals surface area contributed by atoms with E-state index in [-0.39, 0.29) is 12.1 Å². The van der Waals surface area contributed by atoms with Gasteiger partial charge < -0.3 is 16.0 Å². The highest BCUT2D eigenvalue weighted by Crippen LogP contribution is 2.25. The fourth-order valence-corrected chi connectivity index (χ4v) is 2.20. The second-order valence-corrected chi connectivity index (χ2v) is 5.81. The van der Waals surface area contributed by atoms with Crippen LogP contribution in [0.25, 0.3) is 0 Å². The SMILES string of the molecule is CC(C)NC(=O)Nc1ccc(NC(=O)C2CC(F)(F)CN2)cc1. The Bertz CT molecular complexity index is 575. The molecular formula is C15H20F2N4O2. The van der Waals surface area contributed by atoms with E-state index in [1.807, 2.05) is 13.8 Å². The molecule has 23 heavy (non-hydrogen) atoms. The zero-order valence-corrected chi connectivity index (χ0v) is 13.0. The van der Waals surface area contributed by atoms with E-state index in [4.69, 9.17) is 0 Å². The summed E-state index contributed by atoms with van der Waals surface area (Å²) in [6.07, 6.45) is -0.506. The van der Waals surface area contributed by atoms with Crippen LogP contribution in [0.1, 0.15) is 20.3 Å². The molecule has 4 N–H and O–H groups in total. The molecule has 1 aromatic carbocycles. The lowest BCUT2D eigenvalue weighted by molar-refractivity contribution is -0.118. The second-order valence-electron chi connectivity index (χ2n) is 5.81. The number of anilines is 2. The summed E-state index contributed by atoms with van der Waals surface area (Å²) in [7, 11) is 0. The van der Waals surface area contributed by atoms with Gasteiger partial charge in [0, 0.05) is 23.8 Å². The van der Waals surface area contributed by atoms with E-state index in [2.05, 4.69) is 21.3 Å². The third-order valence-corrected chi connectivity index (χ3v) is 3.26. The molecule has 1 saturated heterocycles. The maximum absolute atomic E-state index is 13.1. The molecule has 126 valence electrons. The Hall–Kier alpha value is -2.22. The van der Waals surface area contributed by atoms with Crippen LogP contribution >= 0.6 is 0 Å². The molecule has 0 spiro atoms. The number of hydrogen-bond acceptors (Lipinski definition) is 3. The van der Waals surface area contributed by atoms with Gasteiger partial charge in [-0.3, -0.25) is 10.1 Å². The lowest BCUT2D eigenvalue weighted by Crippen LogP contribution is -2.35. The van der Waals surface area contributed by atoms with Crippen molar-refractivity contribution in [1.29, 1.82) is 0 Å². The lowest BCUT2D eigenvalue weighted by atomic mass is 10.2. The van der Waals surface area contributed by atoms with Crippen LogP contribution in [0, 0.1) is 0 Å². The summed E-state index contributed by atoms with van der Waals surface area (Å²) in [6, 6.07) is 5.21. The third kappa shape index (κ3) is 5.17. The molecule has 1 aromatic rings. The van der Waals surface area contributed by atoms with Crippen LogP contribution in [0.3, 0.4) is 0 Å². The predicted molar refractivity (Wildman–Crippen MR) is 83.7 cm³/mol. The molecule has 3 amide bonds. The maximum atomic E-state index is 13.1. The largest absolute Gasteiger partial charge is 0.336 e. The van der Waals surface area contributed by atoms with Crippen molar-refractivity contribution >= 4 is 23.3 Å². The summed E-state index contributed by atoms with van der Waals surface area (Å²) in [5.41, 5.74) is 1.04. The van der Waals surface area contributed by atoms with Crippen LogP contribution in [-0.2, 0) is 4.79 Å². The first-order valence-electron chi connectivity index (χ1n) is 7.35. The first-order chi connectivity index (χ1) is 10.7. The standard InChI is InChI=1S/C15H20F2N4O2/c1-9(2)19-14(23)21-11-5-3-10(4-6-11)20-13(22)12-7-15(16,17)8-18-12/h3-6,9,12,18H,7-8H2,1-2H3,(H,20,22)(H2,19,21,23). The minimum Gasteiger partial charge on any atom is -0.336 e. The fourth-order valence-electron chi connectivity index (χ4n) is 2.20. The number of halogens is 2. The summed E-state index contributed by atoms with van der Waals surface area (Å²) in [5, 5.41) is 10.4. The quantitative estimate of drug-likeness (QED) is 0.684. The summed E-state index contributed by atoms with van der Waals surface area (Å²) < 4.78 is 26.1. The van der Waals surface area contributed by atoms with Gasteiger partial charge in [0.1, 0.15) is 0 Å². The van der Waals surface area contributed by atoms with E-state index in [9.17, 15) is 18.4 Å². The van der Waals surface area contributed by atoms with E-state index in [0.29, 0.717) is 11.4 Å². The highest BCUT2D eigenvalue weighted by molar-refractivity contribution is 5.95. The summed E-state index contributed by atoms with van der Waals surface area (Å²) in [5.74, 6) is -3.35. The Labute approximate surface area is 133 Å². The first-order valence-corrected chi connectivity index (χ1v) is 7.35. The molecule has 1 atom stereocenters. The van der Waals surface area contributed by atoms with Crippen molar-refractivity contribution in [3.8, 4) is 0 Å². The second kappa shape index (κ2) is 6.91. The monoisotopic (exact) mass is 326 g/mol. The zero-order valence-electron chi connectivity index (χ0n) is 13.0. The summed E-state index contributed by atoms with van der Waals surface area (Å²) in [6.45, 7) is 3.20. The number of alkyl halides is 2. The molecule has 2 rings (SSSR count). The fraction of sp³-hybridized carbons (Fsp3) is 0.467. The number of benzene rings is 1. The van der Waals surface area contributed by atoms with E-state index >= 15 is 0 Å². The minimum atomic E-state index is -2.85. The molecule has 1 heterocycles. The number of amides is 3. The molecule has 0 aliphatic carbocycles. The van der Waals surface area contributed by atoms with Crippen LogP contribution < -0.4 is 21.3 Å². The highest BCUT2D eigenvalue weighted by atomic mass is 19.3. The van der Waals surface area contributed by atoms with Gasteiger partial charge in [0.15, 0.2) is 0 Å². The molecule has 1 aliphatic rings. The molecular weight excluding hydrogens is 306 g/mol. The van der Waals surface area contributed by atoms with Gasteiger partial charge in [-0.1, -0.05) is 0 Å². The lowest BCUT2D eigenvalue weighted by Gasteiger charge is -2.13. The molecule has 0 radical (unpaired) electrons. The molecule has 8 heteroatoms. The molecule has 1 aliphatic heterocycles. The van der Waals surface area contributed by atoms with Crippen LogP contribution in [0.15, 0.2) is 24.3 Å². The average Bonchev–Trinajstić information content (AvgIpc) is 2.80. The van der Waals surface area contributed by atoms with Crippen molar-refractivity contribution in [1.82, 2.24) is 10.6 Å². The number of carbonyl (C=O) groups excluding carboxylic acids is 2. The number of nitrogens with one attached hydrogen (secondary N) is 4. The highest BCUT2D eigenvalue weighted by Gasteiger charge is 2.42. The van der Waals surface area contributed by atoms with Crippen LogP contribution in [0.2, 0.25) is 0 Å². The molecule has 0 saturated carbocycles. The van der Waals surface area contributed by atoms with Gasteiger partial charge in [-0.15, -0.1) is 0 Å². The van der Waals surface area contributed by atoms with E-state index in [0.717, 1.165) is 0 Å². The predicted octanol–water partition coefficient (Wildman–Crippen LogP) is 2.15. The normalized spacial score (nSPS) is 19.4. The Balaban J connectivity index is 1.87. The summed E-state index contributed by atoms with van der Waals surface area (Å²) in [4.78, 5) is 23.4. The Kier molecular flexibility index (Phi) is 5.15. The molecule has 1 fully saturated rings. The number of hydrogen-bond donors (Lipinski definition) is 4. The third-order valence-electron chi connectivity index (χ3n) is 3.26.